The Kier molecular flexibility index (Phi) is 3.01. The van der Waals surface area contributed by atoms with Crippen molar-refractivity contribution in [2.45, 2.75) is 33.1 Å². The molecular formula is C18H19NO2. The van der Waals surface area contributed by atoms with Crippen LogP contribution in [0.1, 0.15) is 31.9 Å². The zero-order chi connectivity index (χ0) is 15.2. The molecule has 0 atom stereocenters. The van der Waals surface area contributed by atoms with Crippen LogP contribution >= 0.6 is 0 Å². The number of phenols is 1. The summed E-state index contributed by atoms with van der Waals surface area (Å²) in [6.07, 6.45) is 0. The number of oxazole rings is 1. The van der Waals surface area contributed by atoms with E-state index in [1.165, 1.54) is 5.56 Å². The number of phenolic OH excluding ortho intramolecular Hbond substituents is 1. The van der Waals surface area contributed by atoms with Gasteiger partial charge in [-0.15, -0.1) is 0 Å². The number of hydrogen-bond donors (Lipinski definition) is 1. The van der Waals surface area contributed by atoms with Crippen molar-refractivity contribution in [1.82, 2.24) is 4.98 Å². The van der Waals surface area contributed by atoms with E-state index in [2.05, 4.69) is 37.9 Å². The van der Waals surface area contributed by atoms with Gasteiger partial charge in [0.05, 0.1) is 5.56 Å². The average molecular weight is 281 g/mol. The van der Waals surface area contributed by atoms with Gasteiger partial charge in [-0.25, -0.2) is 4.98 Å². The van der Waals surface area contributed by atoms with Crippen molar-refractivity contribution in [3.63, 3.8) is 0 Å². The molecule has 2 aromatic carbocycles. The minimum atomic E-state index is 0.0682. The van der Waals surface area contributed by atoms with Gasteiger partial charge in [0.25, 0.3) is 0 Å². The molecule has 3 nitrogen and oxygen atoms in total. The summed E-state index contributed by atoms with van der Waals surface area (Å²) in [5, 5.41) is 10.00. The van der Waals surface area contributed by atoms with Crippen molar-refractivity contribution in [2.24, 2.45) is 0 Å². The molecule has 0 saturated carbocycles. The van der Waals surface area contributed by atoms with Gasteiger partial charge in [-0.05, 0) is 42.2 Å². The fourth-order valence-corrected chi connectivity index (χ4v) is 2.33. The largest absolute Gasteiger partial charge is 0.507 e. The van der Waals surface area contributed by atoms with Gasteiger partial charge >= 0.3 is 0 Å². The number of rotatable bonds is 1. The standard InChI is InChI=1S/C18H19NO2/c1-11-5-7-15(20)13(9-11)17-19-14-10-12(18(2,3)4)6-8-16(14)21-17/h5-10,20H,1-4H3. The molecule has 0 unspecified atom stereocenters. The minimum Gasteiger partial charge on any atom is -0.507 e. The van der Waals surface area contributed by atoms with Crippen LogP contribution in [0, 0.1) is 6.92 Å². The van der Waals surface area contributed by atoms with Crippen molar-refractivity contribution in [3.05, 3.63) is 47.5 Å². The zero-order valence-corrected chi connectivity index (χ0v) is 12.8. The van der Waals surface area contributed by atoms with Crippen molar-refractivity contribution in [1.29, 1.82) is 0 Å². The second-order valence-corrected chi connectivity index (χ2v) is 6.47. The van der Waals surface area contributed by atoms with Gasteiger partial charge in [-0.1, -0.05) is 38.5 Å². The molecular weight excluding hydrogens is 262 g/mol. The number of aryl methyl sites for hydroxylation is 1. The quantitative estimate of drug-likeness (QED) is 0.696. The van der Waals surface area contributed by atoms with Gasteiger partial charge in [0.2, 0.25) is 5.89 Å². The van der Waals surface area contributed by atoms with Crippen LogP contribution in [-0.4, -0.2) is 10.1 Å². The van der Waals surface area contributed by atoms with Crippen LogP contribution in [0.15, 0.2) is 40.8 Å². The molecule has 0 bridgehead atoms. The lowest BCUT2D eigenvalue weighted by Crippen LogP contribution is -2.10. The lowest BCUT2D eigenvalue weighted by molar-refractivity contribution is 0.474. The first kappa shape index (κ1) is 13.7. The summed E-state index contributed by atoms with van der Waals surface area (Å²) >= 11 is 0. The monoisotopic (exact) mass is 281 g/mol. The Bertz CT molecular complexity index is 810. The maximum Gasteiger partial charge on any atom is 0.231 e. The Hall–Kier alpha value is -2.29. The molecule has 21 heavy (non-hydrogen) atoms. The molecule has 0 aliphatic rings. The van der Waals surface area contributed by atoms with Crippen LogP contribution in [0.4, 0.5) is 0 Å². The highest BCUT2D eigenvalue weighted by Crippen LogP contribution is 2.33. The predicted octanol–water partition coefficient (Wildman–Crippen LogP) is 4.81. The van der Waals surface area contributed by atoms with Crippen molar-refractivity contribution >= 4 is 11.1 Å². The first-order chi connectivity index (χ1) is 9.84. The third-order valence-corrected chi connectivity index (χ3v) is 3.64. The Morgan fingerprint density at radius 2 is 1.81 bits per heavy atom. The number of nitrogens with zero attached hydrogens (tertiary/aromatic N) is 1. The maximum absolute atomic E-state index is 10.00. The maximum atomic E-state index is 10.00. The van der Waals surface area contributed by atoms with E-state index in [-0.39, 0.29) is 11.2 Å². The van der Waals surface area contributed by atoms with Crippen LogP contribution in [-0.2, 0) is 5.41 Å². The summed E-state index contributed by atoms with van der Waals surface area (Å²) in [5.74, 6) is 0.639. The van der Waals surface area contributed by atoms with E-state index in [1.54, 1.807) is 6.07 Å². The topological polar surface area (TPSA) is 46.3 Å². The fraction of sp³-hybridized carbons (Fsp3) is 0.278. The molecule has 108 valence electrons. The van der Waals surface area contributed by atoms with E-state index < -0.39 is 0 Å². The highest BCUT2D eigenvalue weighted by Gasteiger charge is 2.17. The third-order valence-electron chi connectivity index (χ3n) is 3.64. The number of aromatic nitrogens is 1. The Morgan fingerprint density at radius 1 is 1.05 bits per heavy atom. The first-order valence-corrected chi connectivity index (χ1v) is 7.06. The summed E-state index contributed by atoms with van der Waals surface area (Å²) in [6.45, 7) is 8.48. The molecule has 1 N–H and O–H groups in total. The average Bonchev–Trinajstić information content (AvgIpc) is 2.83. The van der Waals surface area contributed by atoms with Crippen molar-refractivity contribution < 1.29 is 9.52 Å². The highest BCUT2D eigenvalue weighted by atomic mass is 16.3. The predicted molar refractivity (Wildman–Crippen MR) is 84.5 cm³/mol. The van der Waals surface area contributed by atoms with Gasteiger partial charge in [-0.3, -0.25) is 0 Å². The second-order valence-electron chi connectivity index (χ2n) is 6.47. The van der Waals surface area contributed by atoms with E-state index in [0.717, 1.165) is 16.7 Å². The minimum absolute atomic E-state index is 0.0682. The zero-order valence-electron chi connectivity index (χ0n) is 12.8. The van der Waals surface area contributed by atoms with Gasteiger partial charge in [-0.2, -0.15) is 0 Å². The Balaban J connectivity index is 2.15. The molecule has 0 saturated heterocycles. The third kappa shape index (κ3) is 2.51. The molecule has 0 radical (unpaired) electrons. The molecule has 0 spiro atoms. The molecule has 3 heteroatoms. The van der Waals surface area contributed by atoms with Crippen LogP contribution in [0.5, 0.6) is 5.75 Å². The molecule has 1 heterocycles. The van der Waals surface area contributed by atoms with E-state index in [0.29, 0.717) is 11.5 Å². The molecule has 0 aliphatic carbocycles. The van der Waals surface area contributed by atoms with Crippen LogP contribution in [0.3, 0.4) is 0 Å². The number of aromatic hydroxyl groups is 1. The SMILES string of the molecule is Cc1ccc(O)c(-c2nc3cc(C(C)(C)C)ccc3o2)c1. The Morgan fingerprint density at radius 3 is 2.52 bits per heavy atom. The van der Waals surface area contributed by atoms with E-state index in [1.807, 2.05) is 25.1 Å². The lowest BCUT2D eigenvalue weighted by atomic mass is 9.87. The smallest absolute Gasteiger partial charge is 0.231 e. The number of fused-ring (bicyclic) bond motifs is 1. The fourth-order valence-electron chi connectivity index (χ4n) is 2.33. The summed E-state index contributed by atoms with van der Waals surface area (Å²) in [4.78, 5) is 4.53. The number of benzene rings is 2. The van der Waals surface area contributed by atoms with Crippen molar-refractivity contribution in [3.8, 4) is 17.2 Å². The normalized spacial score (nSPS) is 12.0. The van der Waals surface area contributed by atoms with E-state index >= 15 is 0 Å². The van der Waals surface area contributed by atoms with Gasteiger partial charge in [0.15, 0.2) is 5.58 Å². The molecule has 0 fully saturated rings. The van der Waals surface area contributed by atoms with Crippen molar-refractivity contribution in [2.75, 3.05) is 0 Å². The first-order valence-electron chi connectivity index (χ1n) is 7.06. The molecule has 1 aromatic heterocycles. The second kappa shape index (κ2) is 4.62. The number of hydrogen-bond acceptors (Lipinski definition) is 3. The van der Waals surface area contributed by atoms with Gasteiger partial charge in [0, 0.05) is 0 Å². The molecule has 3 rings (SSSR count). The summed E-state index contributed by atoms with van der Waals surface area (Å²) in [6, 6.07) is 11.5. The summed E-state index contributed by atoms with van der Waals surface area (Å²) in [5.41, 5.74) is 4.52. The van der Waals surface area contributed by atoms with E-state index in [4.69, 9.17) is 4.42 Å². The van der Waals surface area contributed by atoms with Crippen LogP contribution < -0.4 is 0 Å². The van der Waals surface area contributed by atoms with Crippen LogP contribution in [0.2, 0.25) is 0 Å². The summed E-state index contributed by atoms with van der Waals surface area (Å²) in [7, 11) is 0. The summed E-state index contributed by atoms with van der Waals surface area (Å²) < 4.78 is 5.79. The Labute approximate surface area is 124 Å². The van der Waals surface area contributed by atoms with Crippen LogP contribution in [0.25, 0.3) is 22.6 Å². The van der Waals surface area contributed by atoms with E-state index in [9.17, 15) is 5.11 Å². The van der Waals surface area contributed by atoms with Gasteiger partial charge in [0.1, 0.15) is 11.3 Å². The lowest BCUT2D eigenvalue weighted by Gasteiger charge is -2.18. The molecule has 0 amide bonds. The molecule has 0 aliphatic heterocycles. The highest BCUT2D eigenvalue weighted by molar-refractivity contribution is 5.78. The van der Waals surface area contributed by atoms with Gasteiger partial charge < -0.3 is 9.52 Å². The molecule has 3 aromatic rings.